The summed E-state index contributed by atoms with van der Waals surface area (Å²) < 4.78 is 0. The van der Waals surface area contributed by atoms with E-state index >= 15 is 0 Å². The van der Waals surface area contributed by atoms with Gasteiger partial charge < -0.3 is 4.90 Å². The van der Waals surface area contributed by atoms with Gasteiger partial charge in [-0.25, -0.2) is 9.97 Å². The Morgan fingerprint density at radius 3 is 2.10 bits per heavy atom. The summed E-state index contributed by atoms with van der Waals surface area (Å²) in [5.74, 6) is 2.00. The van der Waals surface area contributed by atoms with E-state index < -0.39 is 0 Å². The zero-order chi connectivity index (χ0) is 15.1. The molecule has 0 saturated carbocycles. The third-order valence-corrected chi connectivity index (χ3v) is 3.19. The number of nitriles is 1. The van der Waals surface area contributed by atoms with Crippen LogP contribution in [0.5, 0.6) is 0 Å². The Bertz CT molecular complexity index is 448. The van der Waals surface area contributed by atoms with Crippen molar-refractivity contribution in [1.29, 1.82) is 5.26 Å². The molecule has 20 heavy (non-hydrogen) atoms. The molecule has 1 rings (SSSR count). The molecule has 0 unspecified atom stereocenters. The Hall–Kier alpha value is -1.63. The number of rotatable bonds is 7. The van der Waals surface area contributed by atoms with E-state index in [1.54, 1.807) is 6.07 Å². The highest BCUT2D eigenvalue weighted by Gasteiger charge is 2.13. The van der Waals surface area contributed by atoms with Crippen molar-refractivity contribution < 1.29 is 0 Å². The monoisotopic (exact) mass is 274 g/mol. The van der Waals surface area contributed by atoms with Gasteiger partial charge in [-0.15, -0.1) is 0 Å². The van der Waals surface area contributed by atoms with Crippen molar-refractivity contribution in [2.24, 2.45) is 11.8 Å². The van der Waals surface area contributed by atoms with Crippen LogP contribution in [0.3, 0.4) is 0 Å². The summed E-state index contributed by atoms with van der Waals surface area (Å²) in [6.07, 6.45) is 2.22. The largest absolute Gasteiger partial charge is 0.341 e. The number of aromatic nitrogens is 2. The highest BCUT2D eigenvalue weighted by atomic mass is 15.2. The van der Waals surface area contributed by atoms with Gasteiger partial charge >= 0.3 is 0 Å². The number of anilines is 1. The van der Waals surface area contributed by atoms with E-state index in [1.807, 2.05) is 6.92 Å². The van der Waals surface area contributed by atoms with Crippen molar-refractivity contribution in [3.05, 3.63) is 17.5 Å². The fourth-order valence-corrected chi connectivity index (χ4v) is 1.89. The first kappa shape index (κ1) is 16.4. The van der Waals surface area contributed by atoms with Gasteiger partial charge in [-0.1, -0.05) is 27.7 Å². The fourth-order valence-electron chi connectivity index (χ4n) is 1.89. The number of hydrogen-bond donors (Lipinski definition) is 0. The molecule has 110 valence electrons. The molecule has 0 aliphatic rings. The molecule has 1 aromatic rings. The molecule has 0 aliphatic carbocycles. The molecule has 1 heterocycles. The molecule has 0 bridgehead atoms. The summed E-state index contributed by atoms with van der Waals surface area (Å²) in [6.45, 7) is 12.7. The van der Waals surface area contributed by atoms with E-state index in [1.165, 1.54) is 0 Å². The molecule has 4 heteroatoms. The molecule has 1 aromatic heterocycles. The number of hydrogen-bond acceptors (Lipinski definition) is 4. The van der Waals surface area contributed by atoms with Crippen LogP contribution >= 0.6 is 0 Å². The number of aryl methyl sites for hydroxylation is 1. The van der Waals surface area contributed by atoms with Gasteiger partial charge in [0.2, 0.25) is 5.95 Å². The molecular formula is C16H26N4. The first-order valence-corrected chi connectivity index (χ1v) is 7.43. The van der Waals surface area contributed by atoms with Gasteiger partial charge in [-0.3, -0.25) is 0 Å². The molecule has 0 spiro atoms. The van der Waals surface area contributed by atoms with E-state index in [-0.39, 0.29) is 0 Å². The lowest BCUT2D eigenvalue weighted by Crippen LogP contribution is -2.29. The fraction of sp³-hybridized carbons (Fsp3) is 0.688. The van der Waals surface area contributed by atoms with Crippen LogP contribution in [0.15, 0.2) is 6.07 Å². The molecule has 4 nitrogen and oxygen atoms in total. The molecular weight excluding hydrogens is 248 g/mol. The second kappa shape index (κ2) is 7.84. The Balaban J connectivity index is 2.90. The topological polar surface area (TPSA) is 52.8 Å². The number of nitrogens with zero attached hydrogens (tertiary/aromatic N) is 4. The molecule has 0 saturated heterocycles. The van der Waals surface area contributed by atoms with Crippen molar-refractivity contribution >= 4 is 5.95 Å². The lowest BCUT2D eigenvalue weighted by molar-refractivity contribution is 0.530. The standard InChI is InChI=1S/C16H26N4/c1-12(2)6-8-20(9-7-13(3)4)16-18-14(5)10-15(11-17)19-16/h10,12-13H,6-9H2,1-5H3. The lowest BCUT2D eigenvalue weighted by Gasteiger charge is -2.24. The van der Waals surface area contributed by atoms with Crippen molar-refractivity contribution in [2.75, 3.05) is 18.0 Å². The highest BCUT2D eigenvalue weighted by molar-refractivity contribution is 5.35. The third kappa shape index (κ3) is 5.56. The summed E-state index contributed by atoms with van der Waals surface area (Å²) in [5, 5.41) is 9.05. The van der Waals surface area contributed by atoms with E-state index in [4.69, 9.17) is 5.26 Å². The van der Waals surface area contributed by atoms with E-state index in [0.29, 0.717) is 23.5 Å². The Morgan fingerprint density at radius 1 is 1.10 bits per heavy atom. The molecule has 0 radical (unpaired) electrons. The minimum Gasteiger partial charge on any atom is -0.341 e. The second-order valence-electron chi connectivity index (χ2n) is 6.16. The first-order chi connectivity index (χ1) is 9.42. The van der Waals surface area contributed by atoms with Crippen LogP contribution in [0.1, 0.15) is 51.9 Å². The van der Waals surface area contributed by atoms with Gasteiger partial charge in [0, 0.05) is 18.8 Å². The van der Waals surface area contributed by atoms with E-state index in [0.717, 1.165) is 31.6 Å². The summed E-state index contributed by atoms with van der Waals surface area (Å²) in [5.41, 5.74) is 1.30. The minimum absolute atomic E-state index is 0.451. The van der Waals surface area contributed by atoms with Crippen LogP contribution in [-0.2, 0) is 0 Å². The molecule has 0 aliphatic heterocycles. The van der Waals surface area contributed by atoms with Crippen molar-refractivity contribution in [3.8, 4) is 6.07 Å². The van der Waals surface area contributed by atoms with Crippen molar-refractivity contribution in [2.45, 2.75) is 47.5 Å². The third-order valence-electron chi connectivity index (χ3n) is 3.19. The molecule has 0 aromatic carbocycles. The predicted molar refractivity (Wildman–Crippen MR) is 82.6 cm³/mol. The van der Waals surface area contributed by atoms with Gasteiger partial charge in [-0.2, -0.15) is 5.26 Å². The quantitative estimate of drug-likeness (QED) is 0.763. The van der Waals surface area contributed by atoms with Gasteiger partial charge in [0.15, 0.2) is 0 Å². The lowest BCUT2D eigenvalue weighted by atomic mass is 10.1. The van der Waals surface area contributed by atoms with Crippen LogP contribution in [0.2, 0.25) is 0 Å². The maximum absolute atomic E-state index is 9.05. The van der Waals surface area contributed by atoms with E-state index in [2.05, 4.69) is 48.6 Å². The first-order valence-electron chi connectivity index (χ1n) is 7.43. The summed E-state index contributed by atoms with van der Waals surface area (Å²) in [4.78, 5) is 11.1. The highest BCUT2D eigenvalue weighted by Crippen LogP contribution is 2.14. The molecule has 0 amide bonds. The Kier molecular flexibility index (Phi) is 6.44. The minimum atomic E-state index is 0.451. The average Bonchev–Trinajstić information content (AvgIpc) is 2.37. The normalized spacial score (nSPS) is 10.9. The second-order valence-corrected chi connectivity index (χ2v) is 6.16. The van der Waals surface area contributed by atoms with Crippen molar-refractivity contribution in [3.63, 3.8) is 0 Å². The maximum atomic E-state index is 9.05. The van der Waals surface area contributed by atoms with Crippen LogP contribution < -0.4 is 4.90 Å². The van der Waals surface area contributed by atoms with Crippen LogP contribution in [0, 0.1) is 30.1 Å². The zero-order valence-electron chi connectivity index (χ0n) is 13.3. The van der Waals surface area contributed by atoms with Crippen molar-refractivity contribution in [1.82, 2.24) is 9.97 Å². The van der Waals surface area contributed by atoms with Crippen LogP contribution in [0.25, 0.3) is 0 Å². The van der Waals surface area contributed by atoms with Gasteiger partial charge in [-0.05, 0) is 37.7 Å². The Morgan fingerprint density at radius 2 is 1.65 bits per heavy atom. The average molecular weight is 274 g/mol. The Labute approximate surface area is 122 Å². The smallest absolute Gasteiger partial charge is 0.226 e. The van der Waals surface area contributed by atoms with Crippen LogP contribution in [0.4, 0.5) is 5.95 Å². The summed E-state index contributed by atoms with van der Waals surface area (Å²) in [6, 6.07) is 3.84. The molecule has 0 atom stereocenters. The maximum Gasteiger partial charge on any atom is 0.226 e. The SMILES string of the molecule is Cc1cc(C#N)nc(N(CCC(C)C)CCC(C)C)n1. The molecule has 0 N–H and O–H groups in total. The zero-order valence-corrected chi connectivity index (χ0v) is 13.3. The summed E-state index contributed by atoms with van der Waals surface area (Å²) in [7, 11) is 0. The van der Waals surface area contributed by atoms with Gasteiger partial charge in [0.1, 0.15) is 11.8 Å². The molecule has 0 fully saturated rings. The summed E-state index contributed by atoms with van der Waals surface area (Å²) >= 11 is 0. The van der Waals surface area contributed by atoms with Crippen LogP contribution in [-0.4, -0.2) is 23.1 Å². The van der Waals surface area contributed by atoms with Gasteiger partial charge in [0.25, 0.3) is 0 Å². The van der Waals surface area contributed by atoms with Gasteiger partial charge in [0.05, 0.1) is 0 Å². The predicted octanol–water partition coefficient (Wildman–Crippen LogP) is 3.56. The van der Waals surface area contributed by atoms with E-state index in [9.17, 15) is 0 Å².